The van der Waals surface area contributed by atoms with Crippen LogP contribution in [0.1, 0.15) is 25.7 Å². The van der Waals surface area contributed by atoms with Crippen molar-refractivity contribution in [3.05, 3.63) is 0 Å². The van der Waals surface area contributed by atoms with Crippen molar-refractivity contribution in [3.63, 3.8) is 0 Å². The second-order valence-electron chi connectivity index (χ2n) is 5.99. The first-order valence-corrected chi connectivity index (χ1v) is 7.50. The summed E-state index contributed by atoms with van der Waals surface area (Å²) < 4.78 is 0. The first kappa shape index (κ1) is 15.3. The van der Waals surface area contributed by atoms with E-state index in [-0.39, 0.29) is 18.4 Å². The third kappa shape index (κ3) is 4.76. The summed E-state index contributed by atoms with van der Waals surface area (Å²) in [4.78, 5) is 27.4. The molecular weight excluding hydrogens is 256 g/mol. The van der Waals surface area contributed by atoms with E-state index in [1.165, 1.54) is 4.90 Å². The van der Waals surface area contributed by atoms with Crippen LogP contribution in [0.2, 0.25) is 0 Å². The first-order valence-electron chi connectivity index (χ1n) is 7.50. The number of likely N-dealkylation sites (N-methyl/N-ethyl adjacent to an activating group) is 2. The monoisotopic (exact) mass is 282 g/mol. The number of carbonyl (C=O) groups excluding carboxylic acids is 2. The molecular formula is C14H26N4O2. The first-order chi connectivity index (χ1) is 9.56. The van der Waals surface area contributed by atoms with Crippen LogP contribution in [0.5, 0.6) is 0 Å². The lowest BCUT2D eigenvalue weighted by Crippen LogP contribution is -2.47. The van der Waals surface area contributed by atoms with Gasteiger partial charge in [0.15, 0.2) is 0 Å². The summed E-state index contributed by atoms with van der Waals surface area (Å²) in [5.74, 6) is -0.0372. The second-order valence-corrected chi connectivity index (χ2v) is 5.99. The number of piperidine rings is 1. The lowest BCUT2D eigenvalue weighted by atomic mass is 10.1. The summed E-state index contributed by atoms with van der Waals surface area (Å²) in [5.41, 5.74) is 0. The molecule has 0 aromatic carbocycles. The maximum Gasteiger partial charge on any atom is 0.239 e. The Hall–Kier alpha value is -1.14. The van der Waals surface area contributed by atoms with Crippen molar-refractivity contribution in [2.45, 2.75) is 37.8 Å². The van der Waals surface area contributed by atoms with Crippen molar-refractivity contribution in [2.75, 3.05) is 40.3 Å². The Bertz CT molecular complexity index is 351. The molecule has 2 rings (SSSR count). The van der Waals surface area contributed by atoms with Crippen LogP contribution in [-0.2, 0) is 9.59 Å². The molecule has 0 spiro atoms. The third-order valence-corrected chi connectivity index (χ3v) is 4.07. The summed E-state index contributed by atoms with van der Waals surface area (Å²) in [6.45, 7) is 2.58. The van der Waals surface area contributed by atoms with Gasteiger partial charge in [0.05, 0.1) is 13.1 Å². The number of nitrogens with one attached hydrogen (secondary N) is 2. The predicted octanol–water partition coefficient (Wildman–Crippen LogP) is -0.593. The quantitative estimate of drug-likeness (QED) is 0.683. The Morgan fingerprint density at radius 2 is 1.75 bits per heavy atom. The average molecular weight is 282 g/mol. The van der Waals surface area contributed by atoms with Crippen LogP contribution in [0.25, 0.3) is 0 Å². The van der Waals surface area contributed by atoms with E-state index in [1.807, 2.05) is 7.05 Å². The molecule has 1 saturated heterocycles. The molecule has 6 nitrogen and oxygen atoms in total. The van der Waals surface area contributed by atoms with Gasteiger partial charge >= 0.3 is 0 Å². The molecule has 0 radical (unpaired) electrons. The molecule has 2 N–H and O–H groups in total. The fraction of sp³-hybridized carbons (Fsp3) is 0.857. The minimum Gasteiger partial charge on any atom is -0.352 e. The van der Waals surface area contributed by atoms with Crippen LogP contribution >= 0.6 is 0 Å². The zero-order valence-corrected chi connectivity index (χ0v) is 12.5. The van der Waals surface area contributed by atoms with Gasteiger partial charge in [0.2, 0.25) is 11.8 Å². The number of rotatable bonds is 6. The Morgan fingerprint density at radius 1 is 1.10 bits per heavy atom. The zero-order valence-electron chi connectivity index (χ0n) is 12.5. The fourth-order valence-corrected chi connectivity index (χ4v) is 2.52. The number of hydrogen-bond acceptors (Lipinski definition) is 4. The van der Waals surface area contributed by atoms with Crippen molar-refractivity contribution in [1.82, 2.24) is 20.4 Å². The molecule has 20 heavy (non-hydrogen) atoms. The normalized spacial score (nSPS) is 19.9. The highest BCUT2D eigenvalue weighted by Gasteiger charge is 2.25. The molecule has 1 aliphatic heterocycles. The number of carbonyl (C=O) groups is 2. The van der Waals surface area contributed by atoms with Gasteiger partial charge in [-0.3, -0.25) is 14.5 Å². The summed E-state index contributed by atoms with van der Waals surface area (Å²) in [6, 6.07) is 0.817. The zero-order chi connectivity index (χ0) is 14.5. The van der Waals surface area contributed by atoms with E-state index in [2.05, 4.69) is 15.5 Å². The summed E-state index contributed by atoms with van der Waals surface area (Å²) >= 11 is 0. The molecule has 0 aromatic rings. The van der Waals surface area contributed by atoms with Gasteiger partial charge in [-0.15, -0.1) is 0 Å². The van der Waals surface area contributed by atoms with Crippen LogP contribution in [-0.4, -0.2) is 74.0 Å². The van der Waals surface area contributed by atoms with Gasteiger partial charge < -0.3 is 15.5 Å². The highest BCUT2D eigenvalue weighted by atomic mass is 16.2. The van der Waals surface area contributed by atoms with Gasteiger partial charge in [0, 0.05) is 19.1 Å². The molecule has 2 amide bonds. The SMILES string of the molecule is CN(CC(=O)NC1CC1)C(=O)CN(C)C1CCNCC1. The van der Waals surface area contributed by atoms with Gasteiger partial charge in [0.1, 0.15) is 0 Å². The molecule has 2 fully saturated rings. The molecule has 0 unspecified atom stereocenters. The third-order valence-electron chi connectivity index (χ3n) is 4.07. The van der Waals surface area contributed by atoms with Crippen LogP contribution in [0.4, 0.5) is 0 Å². The highest BCUT2D eigenvalue weighted by Crippen LogP contribution is 2.18. The maximum atomic E-state index is 12.1. The molecule has 1 aliphatic carbocycles. The average Bonchev–Trinajstić information content (AvgIpc) is 3.23. The molecule has 1 saturated carbocycles. The van der Waals surface area contributed by atoms with Crippen molar-refractivity contribution < 1.29 is 9.59 Å². The number of nitrogens with zero attached hydrogens (tertiary/aromatic N) is 2. The smallest absolute Gasteiger partial charge is 0.239 e. The van der Waals surface area contributed by atoms with Crippen molar-refractivity contribution >= 4 is 11.8 Å². The lowest BCUT2D eigenvalue weighted by Gasteiger charge is -2.32. The van der Waals surface area contributed by atoms with E-state index in [1.54, 1.807) is 7.05 Å². The minimum atomic E-state index is -0.0483. The van der Waals surface area contributed by atoms with Crippen LogP contribution in [0.15, 0.2) is 0 Å². The molecule has 114 valence electrons. The van der Waals surface area contributed by atoms with Gasteiger partial charge in [-0.2, -0.15) is 0 Å². The Morgan fingerprint density at radius 3 is 2.35 bits per heavy atom. The molecule has 0 aromatic heterocycles. The summed E-state index contributed by atoms with van der Waals surface area (Å²) in [6.07, 6.45) is 4.30. The van der Waals surface area contributed by atoms with Crippen molar-refractivity contribution in [1.29, 1.82) is 0 Å². The topological polar surface area (TPSA) is 64.7 Å². The van der Waals surface area contributed by atoms with Crippen molar-refractivity contribution in [3.8, 4) is 0 Å². The van der Waals surface area contributed by atoms with E-state index in [9.17, 15) is 9.59 Å². The van der Waals surface area contributed by atoms with Gasteiger partial charge in [-0.25, -0.2) is 0 Å². The van der Waals surface area contributed by atoms with Gasteiger partial charge in [-0.1, -0.05) is 0 Å². The van der Waals surface area contributed by atoms with Gasteiger partial charge in [0.25, 0.3) is 0 Å². The van der Waals surface area contributed by atoms with E-state index < -0.39 is 0 Å². The number of amides is 2. The summed E-state index contributed by atoms with van der Waals surface area (Å²) in [7, 11) is 3.69. The van der Waals surface area contributed by atoms with E-state index in [0.29, 0.717) is 18.6 Å². The fourth-order valence-electron chi connectivity index (χ4n) is 2.52. The largest absolute Gasteiger partial charge is 0.352 e. The van der Waals surface area contributed by atoms with Crippen LogP contribution < -0.4 is 10.6 Å². The highest BCUT2D eigenvalue weighted by molar-refractivity contribution is 5.85. The van der Waals surface area contributed by atoms with E-state index in [4.69, 9.17) is 0 Å². The van der Waals surface area contributed by atoms with Crippen molar-refractivity contribution in [2.24, 2.45) is 0 Å². The standard InChI is InChI=1S/C14H26N4O2/c1-17(12-5-7-15-8-6-12)10-14(20)18(2)9-13(19)16-11-3-4-11/h11-12,15H,3-10H2,1-2H3,(H,16,19). The second kappa shape index (κ2) is 7.04. The number of hydrogen-bond donors (Lipinski definition) is 2. The molecule has 1 heterocycles. The molecule has 6 heteroatoms. The lowest BCUT2D eigenvalue weighted by molar-refractivity contribution is -0.135. The van der Waals surface area contributed by atoms with E-state index in [0.717, 1.165) is 38.8 Å². The predicted molar refractivity (Wildman–Crippen MR) is 77.3 cm³/mol. The molecule has 0 bridgehead atoms. The van der Waals surface area contributed by atoms with Crippen LogP contribution in [0.3, 0.4) is 0 Å². The molecule has 0 atom stereocenters. The Labute approximate surface area is 120 Å². The molecule has 2 aliphatic rings. The Balaban J connectivity index is 1.70. The maximum absolute atomic E-state index is 12.1. The minimum absolute atomic E-state index is 0.0111. The van der Waals surface area contributed by atoms with Crippen LogP contribution in [0, 0.1) is 0 Å². The Kier molecular flexibility index (Phi) is 5.37. The van der Waals surface area contributed by atoms with Gasteiger partial charge in [-0.05, 0) is 45.8 Å². The summed E-state index contributed by atoms with van der Waals surface area (Å²) in [5, 5.41) is 6.22. The van der Waals surface area contributed by atoms with E-state index >= 15 is 0 Å².